The quantitative estimate of drug-likeness (QED) is 0.566. The number of aromatic nitrogens is 3. The monoisotopic (exact) mass is 392 g/mol. The smallest absolute Gasteiger partial charge is 0.251 e. The van der Waals surface area contributed by atoms with Crippen molar-refractivity contribution in [3.63, 3.8) is 0 Å². The molecule has 1 unspecified atom stereocenters. The molecule has 1 aliphatic rings. The standard InChI is InChI=1S/C21H21FN6O/c1-13(14-2-4-16(22)5-3-14)25-18-10-15(21(29)26-17-6-7-17)11-19(27-18)28-20-12-23-8-9-24-20/h2-5,8-13,17H,6-7H2,1H3,(H,26,29)(H2,24,25,27,28). The Morgan fingerprint density at radius 3 is 2.55 bits per heavy atom. The van der Waals surface area contributed by atoms with Crippen LogP contribution >= 0.6 is 0 Å². The van der Waals surface area contributed by atoms with Crippen LogP contribution < -0.4 is 16.0 Å². The van der Waals surface area contributed by atoms with E-state index in [1.165, 1.54) is 12.1 Å². The number of hydrogen-bond acceptors (Lipinski definition) is 6. The lowest BCUT2D eigenvalue weighted by Gasteiger charge is -2.17. The van der Waals surface area contributed by atoms with Gasteiger partial charge >= 0.3 is 0 Å². The fourth-order valence-corrected chi connectivity index (χ4v) is 2.85. The Hall–Kier alpha value is -3.55. The van der Waals surface area contributed by atoms with Crippen molar-refractivity contribution >= 4 is 23.4 Å². The molecule has 29 heavy (non-hydrogen) atoms. The molecule has 0 spiro atoms. The molecule has 3 aromatic rings. The van der Waals surface area contributed by atoms with Crippen LogP contribution in [0.2, 0.25) is 0 Å². The first-order chi connectivity index (χ1) is 14.1. The molecule has 0 saturated heterocycles. The molecule has 148 valence electrons. The van der Waals surface area contributed by atoms with E-state index in [0.717, 1.165) is 18.4 Å². The highest BCUT2D eigenvalue weighted by atomic mass is 19.1. The zero-order valence-electron chi connectivity index (χ0n) is 15.9. The Balaban J connectivity index is 1.59. The Bertz CT molecular complexity index is 992. The number of nitrogens with zero attached hydrogens (tertiary/aromatic N) is 3. The van der Waals surface area contributed by atoms with E-state index >= 15 is 0 Å². The Labute approximate surface area is 167 Å². The summed E-state index contributed by atoms with van der Waals surface area (Å²) < 4.78 is 13.2. The first-order valence-electron chi connectivity index (χ1n) is 9.45. The minimum absolute atomic E-state index is 0.130. The van der Waals surface area contributed by atoms with E-state index in [1.807, 2.05) is 6.92 Å². The van der Waals surface area contributed by atoms with Crippen LogP contribution in [0.4, 0.5) is 21.8 Å². The molecule has 4 rings (SSSR count). The summed E-state index contributed by atoms with van der Waals surface area (Å²) in [7, 11) is 0. The van der Waals surface area contributed by atoms with Gasteiger partial charge in [0.1, 0.15) is 23.3 Å². The van der Waals surface area contributed by atoms with Crippen molar-refractivity contribution in [3.05, 3.63) is 71.9 Å². The second kappa shape index (κ2) is 8.22. The van der Waals surface area contributed by atoms with E-state index in [9.17, 15) is 9.18 Å². The van der Waals surface area contributed by atoms with Gasteiger partial charge in [-0.25, -0.2) is 14.4 Å². The largest absolute Gasteiger partial charge is 0.363 e. The molecule has 7 nitrogen and oxygen atoms in total. The predicted molar refractivity (Wildman–Crippen MR) is 108 cm³/mol. The van der Waals surface area contributed by atoms with Crippen molar-refractivity contribution in [1.29, 1.82) is 0 Å². The van der Waals surface area contributed by atoms with Crippen LogP contribution in [-0.4, -0.2) is 26.9 Å². The van der Waals surface area contributed by atoms with Crippen LogP contribution in [0.3, 0.4) is 0 Å². The summed E-state index contributed by atoms with van der Waals surface area (Å²) in [6.45, 7) is 1.95. The number of carbonyl (C=O) groups is 1. The summed E-state index contributed by atoms with van der Waals surface area (Å²) >= 11 is 0. The van der Waals surface area contributed by atoms with Crippen molar-refractivity contribution in [1.82, 2.24) is 20.3 Å². The SMILES string of the molecule is CC(Nc1cc(C(=O)NC2CC2)cc(Nc2cnccn2)n1)c1ccc(F)cc1. The van der Waals surface area contributed by atoms with Gasteiger partial charge in [-0.15, -0.1) is 0 Å². The van der Waals surface area contributed by atoms with Crippen LogP contribution in [0.25, 0.3) is 0 Å². The molecule has 1 fully saturated rings. The second-order valence-corrected chi connectivity index (χ2v) is 7.01. The number of carbonyl (C=O) groups excluding carboxylic acids is 1. The Kier molecular flexibility index (Phi) is 5.33. The van der Waals surface area contributed by atoms with Gasteiger partial charge in [0.15, 0.2) is 0 Å². The first kappa shape index (κ1) is 18.8. The average molecular weight is 392 g/mol. The average Bonchev–Trinajstić information content (AvgIpc) is 3.53. The van der Waals surface area contributed by atoms with E-state index in [1.54, 1.807) is 42.9 Å². The van der Waals surface area contributed by atoms with Crippen LogP contribution in [0, 0.1) is 5.82 Å². The number of hydrogen-bond donors (Lipinski definition) is 3. The highest BCUT2D eigenvalue weighted by Gasteiger charge is 2.24. The third-order valence-electron chi connectivity index (χ3n) is 4.55. The van der Waals surface area contributed by atoms with Crippen LogP contribution in [-0.2, 0) is 0 Å². The fourth-order valence-electron chi connectivity index (χ4n) is 2.85. The number of benzene rings is 1. The van der Waals surface area contributed by atoms with Crippen LogP contribution in [0.15, 0.2) is 55.0 Å². The maximum absolute atomic E-state index is 13.2. The van der Waals surface area contributed by atoms with Gasteiger partial charge in [-0.05, 0) is 49.6 Å². The van der Waals surface area contributed by atoms with Crippen molar-refractivity contribution in [2.24, 2.45) is 0 Å². The number of rotatable bonds is 7. The summed E-state index contributed by atoms with van der Waals surface area (Å²) in [5.41, 5.74) is 1.40. The molecular weight excluding hydrogens is 371 g/mol. The van der Waals surface area contributed by atoms with Gasteiger partial charge in [0.05, 0.1) is 6.20 Å². The lowest BCUT2D eigenvalue weighted by atomic mass is 10.1. The van der Waals surface area contributed by atoms with Crippen molar-refractivity contribution in [3.8, 4) is 0 Å². The lowest BCUT2D eigenvalue weighted by molar-refractivity contribution is 0.0951. The molecule has 8 heteroatoms. The molecule has 0 bridgehead atoms. The van der Waals surface area contributed by atoms with E-state index in [2.05, 4.69) is 30.9 Å². The summed E-state index contributed by atoms with van der Waals surface area (Å²) in [5.74, 6) is 1.10. The number of halogens is 1. The summed E-state index contributed by atoms with van der Waals surface area (Å²) in [4.78, 5) is 25.3. The van der Waals surface area contributed by atoms with Crippen molar-refractivity contribution in [2.45, 2.75) is 31.8 Å². The maximum atomic E-state index is 13.2. The van der Waals surface area contributed by atoms with E-state index < -0.39 is 0 Å². The number of amides is 1. The third kappa shape index (κ3) is 5.04. The number of pyridine rings is 1. The molecule has 1 atom stereocenters. The Morgan fingerprint density at radius 2 is 1.86 bits per heavy atom. The van der Waals surface area contributed by atoms with Gasteiger partial charge in [-0.1, -0.05) is 12.1 Å². The highest BCUT2D eigenvalue weighted by Crippen LogP contribution is 2.24. The molecular formula is C21H21FN6O. The zero-order valence-corrected chi connectivity index (χ0v) is 15.9. The van der Waals surface area contributed by atoms with E-state index in [4.69, 9.17) is 0 Å². The maximum Gasteiger partial charge on any atom is 0.251 e. The minimum Gasteiger partial charge on any atom is -0.363 e. The summed E-state index contributed by atoms with van der Waals surface area (Å²) in [6, 6.07) is 9.78. The van der Waals surface area contributed by atoms with Gasteiger partial charge in [0, 0.05) is 30.0 Å². The third-order valence-corrected chi connectivity index (χ3v) is 4.55. The van der Waals surface area contributed by atoms with Gasteiger partial charge in [0.25, 0.3) is 5.91 Å². The van der Waals surface area contributed by atoms with E-state index in [-0.39, 0.29) is 23.8 Å². The zero-order chi connectivity index (χ0) is 20.2. The number of anilines is 3. The molecule has 2 aromatic heterocycles. The van der Waals surface area contributed by atoms with Crippen molar-refractivity contribution in [2.75, 3.05) is 10.6 Å². The second-order valence-electron chi connectivity index (χ2n) is 7.01. The lowest BCUT2D eigenvalue weighted by Crippen LogP contribution is -2.25. The topological polar surface area (TPSA) is 91.8 Å². The molecule has 0 radical (unpaired) electrons. The summed E-state index contributed by atoms with van der Waals surface area (Å²) in [5, 5.41) is 9.34. The molecule has 1 aromatic carbocycles. The molecule has 1 aliphatic carbocycles. The molecule has 1 amide bonds. The molecule has 0 aliphatic heterocycles. The van der Waals surface area contributed by atoms with Gasteiger partial charge in [-0.3, -0.25) is 9.78 Å². The predicted octanol–water partition coefficient (Wildman–Crippen LogP) is 3.82. The van der Waals surface area contributed by atoms with Crippen LogP contribution in [0.1, 0.15) is 41.7 Å². The normalized spacial score (nSPS) is 14.1. The molecule has 3 N–H and O–H groups in total. The first-order valence-corrected chi connectivity index (χ1v) is 9.45. The summed E-state index contributed by atoms with van der Waals surface area (Å²) in [6.07, 6.45) is 6.74. The van der Waals surface area contributed by atoms with Gasteiger partial charge < -0.3 is 16.0 Å². The minimum atomic E-state index is -0.284. The van der Waals surface area contributed by atoms with Gasteiger partial charge in [-0.2, -0.15) is 0 Å². The van der Waals surface area contributed by atoms with E-state index in [0.29, 0.717) is 23.0 Å². The molecule has 1 saturated carbocycles. The number of nitrogens with one attached hydrogen (secondary N) is 3. The molecule has 2 heterocycles. The van der Waals surface area contributed by atoms with Gasteiger partial charge in [0.2, 0.25) is 0 Å². The van der Waals surface area contributed by atoms with Crippen molar-refractivity contribution < 1.29 is 9.18 Å². The Morgan fingerprint density at radius 1 is 1.10 bits per heavy atom. The fraction of sp³-hybridized carbons (Fsp3) is 0.238. The highest BCUT2D eigenvalue weighted by molar-refractivity contribution is 5.96. The van der Waals surface area contributed by atoms with Crippen LogP contribution in [0.5, 0.6) is 0 Å².